The molecular weight excluding hydrogens is 320 g/mol. The van der Waals surface area contributed by atoms with Crippen molar-refractivity contribution < 1.29 is 4.79 Å². The molecule has 0 radical (unpaired) electrons. The van der Waals surface area contributed by atoms with Crippen LogP contribution in [-0.2, 0) is 11.3 Å². The lowest BCUT2D eigenvalue weighted by molar-refractivity contribution is -0.122. The second kappa shape index (κ2) is 8.35. The third-order valence-electron chi connectivity index (χ3n) is 4.52. The quantitative estimate of drug-likeness (QED) is 0.875. The summed E-state index contributed by atoms with van der Waals surface area (Å²) in [5.74, 6) is 0.503. The van der Waals surface area contributed by atoms with E-state index in [0.29, 0.717) is 12.3 Å². The number of nitrogens with zero attached hydrogens (tertiary/aromatic N) is 3. The summed E-state index contributed by atoms with van der Waals surface area (Å²) in [5, 5.41) is 6.20. The molecule has 0 saturated carbocycles. The molecule has 1 N–H and O–H groups in total. The highest BCUT2D eigenvalue weighted by atomic mass is 32.1. The highest BCUT2D eigenvalue weighted by Crippen LogP contribution is 2.31. The molecule has 2 aromatic heterocycles. The SMILES string of the molecule is CCC(=O)N[C@@H](c1nccs1)[C@H]1CCCN(Cc2ccncc2)C1. The smallest absolute Gasteiger partial charge is 0.220 e. The van der Waals surface area contributed by atoms with Crippen LogP contribution in [0.1, 0.15) is 42.8 Å². The summed E-state index contributed by atoms with van der Waals surface area (Å²) >= 11 is 1.63. The van der Waals surface area contributed by atoms with E-state index in [-0.39, 0.29) is 11.9 Å². The number of carbonyl (C=O) groups is 1. The monoisotopic (exact) mass is 344 g/mol. The largest absolute Gasteiger partial charge is 0.347 e. The highest BCUT2D eigenvalue weighted by molar-refractivity contribution is 7.09. The maximum atomic E-state index is 12.0. The van der Waals surface area contributed by atoms with Crippen LogP contribution in [0.25, 0.3) is 0 Å². The Hall–Kier alpha value is -1.79. The molecule has 128 valence electrons. The Morgan fingerprint density at radius 3 is 2.96 bits per heavy atom. The number of rotatable bonds is 6. The van der Waals surface area contributed by atoms with Crippen LogP contribution in [0.15, 0.2) is 36.1 Å². The molecule has 1 fully saturated rings. The first-order valence-electron chi connectivity index (χ1n) is 8.56. The molecule has 3 rings (SSSR count). The Bertz CT molecular complexity index is 632. The van der Waals surface area contributed by atoms with E-state index in [1.807, 2.05) is 30.9 Å². The van der Waals surface area contributed by atoms with Crippen molar-refractivity contribution in [3.63, 3.8) is 0 Å². The van der Waals surface area contributed by atoms with Crippen molar-refractivity contribution in [1.82, 2.24) is 20.2 Å². The van der Waals surface area contributed by atoms with Gasteiger partial charge in [0.1, 0.15) is 5.01 Å². The van der Waals surface area contributed by atoms with Gasteiger partial charge in [-0.1, -0.05) is 6.92 Å². The molecule has 1 aliphatic heterocycles. The van der Waals surface area contributed by atoms with Gasteiger partial charge in [0.25, 0.3) is 0 Å². The predicted molar refractivity (Wildman–Crippen MR) is 95.5 cm³/mol. The normalized spacial score (nSPS) is 19.8. The van der Waals surface area contributed by atoms with Gasteiger partial charge in [-0.05, 0) is 43.0 Å². The fraction of sp³-hybridized carbons (Fsp3) is 0.500. The van der Waals surface area contributed by atoms with Gasteiger partial charge in [0, 0.05) is 43.5 Å². The van der Waals surface area contributed by atoms with Gasteiger partial charge < -0.3 is 5.32 Å². The number of likely N-dealkylation sites (tertiary alicyclic amines) is 1. The van der Waals surface area contributed by atoms with Gasteiger partial charge in [0.15, 0.2) is 0 Å². The molecule has 1 aliphatic rings. The van der Waals surface area contributed by atoms with Crippen molar-refractivity contribution in [1.29, 1.82) is 0 Å². The summed E-state index contributed by atoms with van der Waals surface area (Å²) in [4.78, 5) is 23.0. The summed E-state index contributed by atoms with van der Waals surface area (Å²) in [6.45, 7) is 4.91. The lowest BCUT2D eigenvalue weighted by Crippen LogP contribution is -2.42. The molecule has 0 aliphatic carbocycles. The van der Waals surface area contributed by atoms with Crippen LogP contribution in [0.4, 0.5) is 0 Å². The molecule has 0 spiro atoms. The third kappa shape index (κ3) is 4.39. The first kappa shape index (κ1) is 17.0. The molecular formula is C18H24N4OS. The van der Waals surface area contributed by atoms with E-state index in [2.05, 4.69) is 32.3 Å². The zero-order valence-electron chi connectivity index (χ0n) is 14.0. The zero-order chi connectivity index (χ0) is 16.8. The fourth-order valence-electron chi connectivity index (χ4n) is 3.30. The number of hydrogen-bond donors (Lipinski definition) is 1. The van der Waals surface area contributed by atoms with Crippen LogP contribution in [-0.4, -0.2) is 33.9 Å². The molecule has 0 bridgehead atoms. The van der Waals surface area contributed by atoms with Crippen LogP contribution in [0.2, 0.25) is 0 Å². The molecule has 1 saturated heterocycles. The molecule has 0 unspecified atom stereocenters. The number of thiazole rings is 1. The Balaban J connectivity index is 1.69. The highest BCUT2D eigenvalue weighted by Gasteiger charge is 2.30. The Kier molecular flexibility index (Phi) is 5.93. The van der Waals surface area contributed by atoms with Gasteiger partial charge in [-0.2, -0.15) is 0 Å². The van der Waals surface area contributed by atoms with Crippen LogP contribution >= 0.6 is 11.3 Å². The average Bonchev–Trinajstić information content (AvgIpc) is 3.15. The summed E-state index contributed by atoms with van der Waals surface area (Å²) in [6, 6.07) is 4.17. The van der Waals surface area contributed by atoms with Crippen LogP contribution < -0.4 is 5.32 Å². The van der Waals surface area contributed by atoms with Gasteiger partial charge in [-0.15, -0.1) is 11.3 Å². The fourth-order valence-corrected chi connectivity index (χ4v) is 4.08. The van der Waals surface area contributed by atoms with Gasteiger partial charge in [-0.25, -0.2) is 4.98 Å². The van der Waals surface area contributed by atoms with Crippen LogP contribution in [0, 0.1) is 5.92 Å². The van der Waals surface area contributed by atoms with Gasteiger partial charge >= 0.3 is 0 Å². The standard InChI is InChI=1S/C18H24N4OS/c1-2-16(23)21-17(18-20-9-11-24-18)15-4-3-10-22(13-15)12-14-5-7-19-8-6-14/h5-9,11,15,17H,2-4,10,12-13H2,1H3,(H,21,23)/t15-,17+/m0/s1. The average molecular weight is 344 g/mol. The molecule has 1 amide bonds. The number of nitrogens with one attached hydrogen (secondary N) is 1. The topological polar surface area (TPSA) is 58.1 Å². The van der Waals surface area contributed by atoms with E-state index in [9.17, 15) is 4.79 Å². The van der Waals surface area contributed by atoms with Gasteiger partial charge in [-0.3, -0.25) is 14.7 Å². The second-order valence-corrected chi connectivity index (χ2v) is 7.19. The predicted octanol–water partition coefficient (Wildman–Crippen LogP) is 3.02. The van der Waals surface area contributed by atoms with Crippen molar-refractivity contribution in [3.8, 4) is 0 Å². The maximum absolute atomic E-state index is 12.0. The van der Waals surface area contributed by atoms with Crippen molar-refractivity contribution in [2.24, 2.45) is 5.92 Å². The molecule has 6 heteroatoms. The van der Waals surface area contributed by atoms with Gasteiger partial charge in [0.2, 0.25) is 5.91 Å². The first-order valence-corrected chi connectivity index (χ1v) is 9.44. The minimum absolute atomic E-state index is 0.0256. The number of carbonyl (C=O) groups excluding carboxylic acids is 1. The van der Waals surface area contributed by atoms with Crippen molar-refractivity contribution in [3.05, 3.63) is 46.7 Å². The van der Waals surface area contributed by atoms with Crippen molar-refractivity contribution in [2.75, 3.05) is 13.1 Å². The second-order valence-electron chi connectivity index (χ2n) is 6.26. The van der Waals surface area contributed by atoms with E-state index in [0.717, 1.165) is 37.5 Å². The third-order valence-corrected chi connectivity index (χ3v) is 5.38. The maximum Gasteiger partial charge on any atom is 0.220 e. The molecule has 2 atom stereocenters. The Morgan fingerprint density at radius 2 is 2.25 bits per heavy atom. The Morgan fingerprint density at radius 1 is 1.42 bits per heavy atom. The number of amides is 1. The lowest BCUT2D eigenvalue weighted by Gasteiger charge is -2.36. The number of aromatic nitrogens is 2. The first-order chi connectivity index (χ1) is 11.8. The molecule has 0 aromatic carbocycles. The van der Waals surface area contributed by atoms with E-state index in [4.69, 9.17) is 0 Å². The summed E-state index contributed by atoms with van der Waals surface area (Å²) in [7, 11) is 0. The van der Waals surface area contributed by atoms with Gasteiger partial charge in [0.05, 0.1) is 6.04 Å². The van der Waals surface area contributed by atoms with Crippen molar-refractivity contribution in [2.45, 2.75) is 38.8 Å². The minimum atomic E-state index is 0.0256. The van der Waals surface area contributed by atoms with Crippen molar-refractivity contribution >= 4 is 17.2 Å². The van der Waals surface area contributed by atoms with E-state index in [1.165, 1.54) is 5.56 Å². The van der Waals surface area contributed by atoms with E-state index >= 15 is 0 Å². The molecule has 5 nitrogen and oxygen atoms in total. The van der Waals surface area contributed by atoms with E-state index < -0.39 is 0 Å². The zero-order valence-corrected chi connectivity index (χ0v) is 14.8. The number of piperidine rings is 1. The van der Waals surface area contributed by atoms with E-state index in [1.54, 1.807) is 11.3 Å². The lowest BCUT2D eigenvalue weighted by atomic mass is 9.90. The summed E-state index contributed by atoms with van der Waals surface area (Å²) in [5.41, 5.74) is 1.29. The number of hydrogen-bond acceptors (Lipinski definition) is 5. The Labute approximate surface area is 147 Å². The molecule has 24 heavy (non-hydrogen) atoms. The van der Waals surface area contributed by atoms with Crippen LogP contribution in [0.5, 0.6) is 0 Å². The molecule has 3 heterocycles. The van der Waals surface area contributed by atoms with Crippen LogP contribution in [0.3, 0.4) is 0 Å². The number of pyridine rings is 1. The molecule has 2 aromatic rings. The summed E-state index contributed by atoms with van der Waals surface area (Å²) < 4.78 is 0. The summed E-state index contributed by atoms with van der Waals surface area (Å²) in [6.07, 6.45) is 8.30. The minimum Gasteiger partial charge on any atom is -0.347 e.